The van der Waals surface area contributed by atoms with Gasteiger partial charge in [0, 0.05) is 10.7 Å². The molecule has 0 aliphatic carbocycles. The Balaban J connectivity index is 2.78. The summed E-state index contributed by atoms with van der Waals surface area (Å²) in [5.74, 6) is 0. The maximum absolute atomic E-state index is 12.9. The molecule has 0 unspecified atom stereocenters. The molecule has 0 amide bonds. The zero-order valence-electron chi connectivity index (χ0n) is 13.2. The van der Waals surface area contributed by atoms with E-state index in [1.165, 1.54) is 0 Å². The van der Waals surface area contributed by atoms with E-state index in [0.717, 1.165) is 5.69 Å². The topological polar surface area (TPSA) is 59.6 Å². The van der Waals surface area contributed by atoms with Crippen molar-refractivity contribution in [1.82, 2.24) is 5.32 Å². The molecule has 0 aliphatic rings. The van der Waals surface area contributed by atoms with Crippen LogP contribution in [-0.4, -0.2) is 23.6 Å². The van der Waals surface area contributed by atoms with Gasteiger partial charge in [-0.25, -0.2) is 0 Å². The van der Waals surface area contributed by atoms with E-state index in [-0.39, 0.29) is 0 Å². The summed E-state index contributed by atoms with van der Waals surface area (Å²) in [6.45, 7) is 7.58. The Morgan fingerprint density at radius 2 is 1.73 bits per heavy atom. The van der Waals surface area contributed by atoms with Crippen LogP contribution in [0, 0.1) is 0 Å². The highest BCUT2D eigenvalue weighted by Crippen LogP contribution is 2.58. The third kappa shape index (κ3) is 5.21. The van der Waals surface area contributed by atoms with Gasteiger partial charge in [0.05, 0.1) is 13.2 Å². The van der Waals surface area contributed by atoms with E-state index in [9.17, 15) is 4.57 Å². The smallest absolute Gasteiger partial charge is 0.346 e. The minimum Gasteiger partial charge on any atom is -0.346 e. The Hall–Kier alpha value is -0.650. The van der Waals surface area contributed by atoms with Gasteiger partial charge in [0.2, 0.25) is 0 Å². The summed E-state index contributed by atoms with van der Waals surface area (Å²) in [7, 11) is -3.35. The van der Waals surface area contributed by atoms with E-state index in [0.29, 0.717) is 23.3 Å². The lowest BCUT2D eigenvalue weighted by Gasteiger charge is -2.34. The molecule has 1 aromatic rings. The maximum atomic E-state index is 12.9. The molecule has 5 nitrogen and oxygen atoms in total. The summed E-state index contributed by atoms with van der Waals surface area (Å²) in [4.78, 5) is 0. The molecule has 124 valence electrons. The summed E-state index contributed by atoms with van der Waals surface area (Å²) in [5, 5.41) is 6.02. The first-order valence-corrected chi connectivity index (χ1v) is 9.31. The van der Waals surface area contributed by atoms with Crippen LogP contribution >= 0.6 is 31.4 Å². The predicted molar refractivity (Wildman–Crippen MR) is 95.7 cm³/mol. The van der Waals surface area contributed by atoms with Crippen molar-refractivity contribution in [2.45, 2.75) is 33.0 Å². The van der Waals surface area contributed by atoms with Crippen LogP contribution in [-0.2, 0) is 13.6 Å². The lowest BCUT2D eigenvalue weighted by atomic mass is 10.3. The van der Waals surface area contributed by atoms with Gasteiger partial charge in [0.15, 0.2) is 5.11 Å². The Labute approximate surface area is 142 Å². The highest BCUT2D eigenvalue weighted by Gasteiger charge is 2.43. The molecule has 2 N–H and O–H groups in total. The number of rotatable bonds is 7. The normalized spacial score (nSPS) is 12.0. The summed E-state index contributed by atoms with van der Waals surface area (Å²) < 4.78 is 23.6. The number of thiocarbonyl (C=S) groups is 1. The number of hydrogen-bond donors (Lipinski definition) is 2. The third-order valence-electron chi connectivity index (χ3n) is 2.80. The SMILES string of the molecule is CCOP(=O)(OCC)C(C)(C)NC(=S)Nc1ccc(Cl)cc1. The second-order valence-corrected chi connectivity index (χ2v) is 8.45. The zero-order chi connectivity index (χ0) is 16.8. The summed E-state index contributed by atoms with van der Waals surface area (Å²) in [6.07, 6.45) is 0. The zero-order valence-corrected chi connectivity index (χ0v) is 15.6. The van der Waals surface area contributed by atoms with Crippen LogP contribution in [0.25, 0.3) is 0 Å². The van der Waals surface area contributed by atoms with Crippen molar-refractivity contribution in [3.8, 4) is 0 Å². The van der Waals surface area contributed by atoms with Crippen molar-refractivity contribution in [1.29, 1.82) is 0 Å². The molecule has 0 fully saturated rings. The molecule has 0 heterocycles. The molecule has 0 saturated carbocycles. The second kappa shape index (κ2) is 8.27. The number of hydrogen-bond acceptors (Lipinski definition) is 4. The lowest BCUT2D eigenvalue weighted by molar-refractivity contribution is 0.198. The summed E-state index contributed by atoms with van der Waals surface area (Å²) >= 11 is 11.1. The second-order valence-electron chi connectivity index (χ2n) is 4.98. The first kappa shape index (κ1) is 19.4. The highest BCUT2D eigenvalue weighted by atomic mass is 35.5. The molecule has 22 heavy (non-hydrogen) atoms. The average Bonchev–Trinajstić information content (AvgIpc) is 2.41. The van der Waals surface area contributed by atoms with Gasteiger partial charge >= 0.3 is 7.60 Å². The summed E-state index contributed by atoms with van der Waals surface area (Å²) in [6, 6.07) is 7.10. The van der Waals surface area contributed by atoms with Crippen LogP contribution in [0.3, 0.4) is 0 Å². The van der Waals surface area contributed by atoms with Gasteiger partial charge in [-0.05, 0) is 64.2 Å². The van der Waals surface area contributed by atoms with Crippen molar-refractivity contribution < 1.29 is 13.6 Å². The maximum Gasteiger partial charge on any atom is 0.355 e. The van der Waals surface area contributed by atoms with Crippen LogP contribution in [0.4, 0.5) is 5.69 Å². The molecule has 1 rings (SSSR count). The molecule has 0 radical (unpaired) electrons. The van der Waals surface area contributed by atoms with Crippen LogP contribution in [0.1, 0.15) is 27.7 Å². The van der Waals surface area contributed by atoms with Crippen molar-refractivity contribution in [3.05, 3.63) is 29.3 Å². The standard InChI is InChI=1S/C14H22ClN2O3PS/c1-5-19-21(18,20-6-2)14(3,4)17-13(22)16-12-9-7-11(15)8-10-12/h7-10H,5-6H2,1-4H3,(H2,16,17,22). The van der Waals surface area contributed by atoms with Crippen LogP contribution in [0.15, 0.2) is 24.3 Å². The first-order valence-electron chi connectivity index (χ1n) is 6.98. The molecule has 8 heteroatoms. The van der Waals surface area contributed by atoms with Crippen molar-refractivity contribution in [2.75, 3.05) is 18.5 Å². The minimum atomic E-state index is -3.35. The van der Waals surface area contributed by atoms with Crippen LogP contribution in [0.5, 0.6) is 0 Å². The van der Waals surface area contributed by atoms with Crippen molar-refractivity contribution >= 4 is 42.2 Å². The van der Waals surface area contributed by atoms with E-state index >= 15 is 0 Å². The van der Waals surface area contributed by atoms with Gasteiger partial charge in [0.1, 0.15) is 5.28 Å². The highest BCUT2D eigenvalue weighted by molar-refractivity contribution is 7.80. The van der Waals surface area contributed by atoms with Gasteiger partial charge in [-0.3, -0.25) is 4.57 Å². The molecule has 0 bridgehead atoms. The first-order chi connectivity index (χ1) is 10.2. The Morgan fingerprint density at radius 1 is 1.23 bits per heavy atom. The Morgan fingerprint density at radius 3 is 2.18 bits per heavy atom. The van der Waals surface area contributed by atoms with Gasteiger partial charge in [0.25, 0.3) is 0 Å². The molecule has 0 atom stereocenters. The molecular formula is C14H22ClN2O3PS. The number of halogens is 1. The molecule has 0 saturated heterocycles. The predicted octanol–water partition coefficient (Wildman–Crippen LogP) is 4.63. The quantitative estimate of drug-likeness (QED) is 0.543. The van der Waals surface area contributed by atoms with Crippen molar-refractivity contribution in [3.63, 3.8) is 0 Å². The van der Waals surface area contributed by atoms with Crippen LogP contribution < -0.4 is 10.6 Å². The van der Waals surface area contributed by atoms with Gasteiger partial charge in [-0.1, -0.05) is 11.6 Å². The fourth-order valence-electron chi connectivity index (χ4n) is 1.74. The number of benzene rings is 1. The molecule has 0 aromatic heterocycles. The lowest BCUT2D eigenvalue weighted by Crippen LogP contribution is -2.46. The molecule has 0 aliphatic heterocycles. The van der Waals surface area contributed by atoms with E-state index in [2.05, 4.69) is 10.6 Å². The van der Waals surface area contributed by atoms with Gasteiger partial charge < -0.3 is 19.7 Å². The molecule has 0 spiro atoms. The van der Waals surface area contributed by atoms with Crippen molar-refractivity contribution in [2.24, 2.45) is 0 Å². The Kier molecular flexibility index (Phi) is 7.29. The fraction of sp³-hybridized carbons (Fsp3) is 0.500. The van der Waals surface area contributed by atoms with Gasteiger partial charge in [-0.2, -0.15) is 0 Å². The Bertz CT molecular complexity index is 542. The van der Waals surface area contributed by atoms with Gasteiger partial charge in [-0.15, -0.1) is 0 Å². The van der Waals surface area contributed by atoms with E-state index < -0.39 is 12.9 Å². The average molecular weight is 365 g/mol. The van der Waals surface area contributed by atoms with Crippen LogP contribution in [0.2, 0.25) is 5.02 Å². The summed E-state index contributed by atoms with van der Waals surface area (Å²) in [5.41, 5.74) is 0.778. The molecule has 1 aromatic carbocycles. The fourth-order valence-corrected chi connectivity index (χ4v) is 3.97. The van der Waals surface area contributed by atoms with E-state index in [1.54, 1.807) is 52.0 Å². The van der Waals surface area contributed by atoms with E-state index in [1.807, 2.05) is 0 Å². The van der Waals surface area contributed by atoms with E-state index in [4.69, 9.17) is 32.9 Å². The minimum absolute atomic E-state index is 0.291. The largest absolute Gasteiger partial charge is 0.355 e. The third-order valence-corrected chi connectivity index (χ3v) is 5.94. The monoisotopic (exact) mass is 364 g/mol. The number of nitrogens with one attached hydrogen (secondary N) is 2. The number of anilines is 1. The molecular weight excluding hydrogens is 343 g/mol.